The minimum absolute atomic E-state index is 0.0746. The maximum atomic E-state index is 12.8. The molecule has 0 unspecified atom stereocenters. The quantitative estimate of drug-likeness (QED) is 0.108. The summed E-state index contributed by atoms with van der Waals surface area (Å²) in [5.41, 5.74) is 6.49. The van der Waals surface area contributed by atoms with Gasteiger partial charge in [-0.2, -0.15) is 0 Å². The molecule has 1 aromatic heterocycles. The Morgan fingerprint density at radius 1 is 0.906 bits per heavy atom. The van der Waals surface area contributed by atoms with Crippen LogP contribution in [0.2, 0.25) is 0 Å². The number of carboxylic acid groups (broad SMARTS) is 1. The van der Waals surface area contributed by atoms with Crippen molar-refractivity contribution in [2.24, 2.45) is 0 Å². The summed E-state index contributed by atoms with van der Waals surface area (Å²) < 4.78 is 19.1. The molecule has 0 saturated heterocycles. The van der Waals surface area contributed by atoms with Crippen molar-refractivity contribution in [3.63, 3.8) is 0 Å². The first kappa shape index (κ1) is 44.8. The first-order valence-electron chi connectivity index (χ1n) is 17.7. The van der Waals surface area contributed by atoms with E-state index >= 15 is 0 Å². The number of esters is 1. The van der Waals surface area contributed by atoms with Gasteiger partial charge in [0.1, 0.15) is 22.8 Å². The molecule has 0 spiro atoms. The van der Waals surface area contributed by atoms with E-state index in [4.69, 9.17) is 13.7 Å². The van der Waals surface area contributed by atoms with Crippen LogP contribution in [0.1, 0.15) is 95.8 Å². The van der Waals surface area contributed by atoms with Crippen molar-refractivity contribution in [1.29, 1.82) is 0 Å². The second-order valence-electron chi connectivity index (χ2n) is 11.0. The van der Waals surface area contributed by atoms with Gasteiger partial charge in [0, 0.05) is 13.9 Å². The average molecular weight is 820 g/mol. The molecule has 1 N–H and O–H groups in total. The van der Waals surface area contributed by atoms with Gasteiger partial charge in [0.15, 0.2) is 0 Å². The van der Waals surface area contributed by atoms with Gasteiger partial charge < -0.3 is 18.8 Å². The molecule has 0 fully saturated rings. The number of aryl methyl sites for hydroxylation is 3. The minimum Gasteiger partial charge on any atom is -0.497 e. The van der Waals surface area contributed by atoms with E-state index in [-0.39, 0.29) is 16.9 Å². The predicted octanol–water partition coefficient (Wildman–Crippen LogP) is 12.0. The van der Waals surface area contributed by atoms with E-state index < -0.39 is 11.9 Å². The lowest BCUT2D eigenvalue weighted by atomic mass is 9.96. The molecule has 53 heavy (non-hydrogen) atoms. The highest BCUT2D eigenvalue weighted by Gasteiger charge is 2.19. The molecule has 5 rings (SSSR count). The highest BCUT2D eigenvalue weighted by molar-refractivity contribution is 9.15. The van der Waals surface area contributed by atoms with Gasteiger partial charge in [-0.15, -0.1) is 11.3 Å². The Bertz CT molecular complexity index is 2070. The molecule has 282 valence electrons. The van der Waals surface area contributed by atoms with Crippen LogP contribution in [0.5, 0.6) is 17.2 Å². The summed E-state index contributed by atoms with van der Waals surface area (Å²) in [6.07, 6.45) is 9.23. The molecule has 0 amide bonds. The van der Waals surface area contributed by atoms with E-state index in [9.17, 15) is 14.7 Å². The first-order chi connectivity index (χ1) is 25.5. The molecular weight excluding hydrogens is 769 g/mol. The Morgan fingerprint density at radius 2 is 1.53 bits per heavy atom. The zero-order chi connectivity index (χ0) is 39.8. The number of ether oxygens (including phenoxy) is 2. The summed E-state index contributed by atoms with van der Waals surface area (Å²) in [4.78, 5) is 26.6. The van der Waals surface area contributed by atoms with Crippen LogP contribution in [0.15, 0.2) is 89.9 Å². The van der Waals surface area contributed by atoms with Crippen molar-refractivity contribution in [1.82, 2.24) is 0 Å². The van der Waals surface area contributed by atoms with Crippen molar-refractivity contribution in [2.45, 2.75) is 80.6 Å². The molecule has 1 heterocycles. The molecule has 0 atom stereocenters. The lowest BCUT2D eigenvalue weighted by Crippen LogP contribution is -2.22. The van der Waals surface area contributed by atoms with Crippen LogP contribution in [0.4, 0.5) is 0 Å². The fourth-order valence-corrected chi connectivity index (χ4v) is 7.55. The van der Waals surface area contributed by atoms with Crippen LogP contribution in [0, 0.1) is 27.7 Å². The number of fused-ring (bicyclic) bond motifs is 1. The Morgan fingerprint density at radius 3 is 2.11 bits per heavy atom. The first-order valence-corrected chi connectivity index (χ1v) is 20.0. The second kappa shape index (κ2) is 22.0. The fourth-order valence-electron chi connectivity index (χ4n) is 5.11. The number of halogens is 1. The number of carbonyl (C=O) groups excluding carboxylic acids is 1. The molecule has 0 aliphatic heterocycles. The maximum Gasteiger partial charge on any atom is 0.343 e. The van der Waals surface area contributed by atoms with Crippen molar-refractivity contribution < 1.29 is 28.4 Å². The molecule has 0 radical (unpaired) electrons. The number of hydrogen-bond donors (Lipinski definition) is 1. The zero-order valence-corrected chi connectivity index (χ0v) is 35.8. The molecule has 1 aliphatic rings. The number of rotatable bonds is 8. The number of hydrogen-bond acceptors (Lipinski definition) is 7. The summed E-state index contributed by atoms with van der Waals surface area (Å²) in [5.74, 6) is -0.673. The molecular formula is C44H51BrO6S2. The molecule has 9 heteroatoms. The number of aromatic carboxylic acids is 1. The maximum absolute atomic E-state index is 12.8. The van der Waals surface area contributed by atoms with E-state index in [0.29, 0.717) is 16.4 Å². The van der Waals surface area contributed by atoms with Gasteiger partial charge in [-0.1, -0.05) is 72.4 Å². The molecule has 3 aromatic carbocycles. The minimum atomic E-state index is -1.21. The van der Waals surface area contributed by atoms with Gasteiger partial charge in [0.2, 0.25) is 0 Å². The average Bonchev–Trinajstić information content (AvgIpc) is 3.46. The van der Waals surface area contributed by atoms with Crippen LogP contribution < -0.4 is 23.4 Å². The Hall–Kier alpha value is -4.31. The van der Waals surface area contributed by atoms with Crippen molar-refractivity contribution in [3.05, 3.63) is 133 Å². The van der Waals surface area contributed by atoms with E-state index in [1.165, 1.54) is 45.0 Å². The van der Waals surface area contributed by atoms with Crippen LogP contribution in [-0.4, -0.2) is 24.2 Å². The zero-order valence-electron chi connectivity index (χ0n) is 32.6. The van der Waals surface area contributed by atoms with Gasteiger partial charge in [-0.25, -0.2) is 9.59 Å². The number of carbonyl (C=O) groups is 2. The normalized spacial score (nSPS) is 15.1. The Kier molecular flexibility index (Phi) is 18.6. The lowest BCUT2D eigenvalue weighted by molar-refractivity contribution is 0.0681. The van der Waals surface area contributed by atoms with Crippen LogP contribution in [-0.2, 0) is 0 Å². The SMILES string of the molecule is C=C1/C=C\C=C(\c2cc(C)c(OSc3ccc(C(=O)O)c(OC(=O)c4ccc(OC)cc4)c3)c(C)c2)C/C=c2/c(C)c(C)s/c2=C/1Br.CC.CC.CC. The van der Waals surface area contributed by atoms with Crippen LogP contribution >= 0.6 is 39.3 Å². The number of thiophene rings is 1. The number of benzene rings is 3. The van der Waals surface area contributed by atoms with E-state index in [2.05, 4.69) is 60.6 Å². The van der Waals surface area contributed by atoms with Crippen LogP contribution in [0.25, 0.3) is 16.1 Å². The standard InChI is InChI=1S/C38H33BrO6S2.3C2H6/c1-21-8-7-9-26(12-16-31-24(4)25(5)46-36(31)34(21)39)28-18-22(2)35(23(3)19-28)45-47-30-15-17-32(37(40)41)33(20-30)44-38(42)27-10-13-29(43-6)14-11-27;3*1-2/h7-11,13-20H,1,12H2,2-6H3,(H,40,41);3*1-2H3/b8-7-,26-9+,31-16-,36-34-;;;. The lowest BCUT2D eigenvalue weighted by Gasteiger charge is -2.15. The highest BCUT2D eigenvalue weighted by atomic mass is 79.9. The fraction of sp³-hybridized carbons (Fsp3) is 0.273. The summed E-state index contributed by atoms with van der Waals surface area (Å²) in [5, 5.41) is 10.9. The summed E-state index contributed by atoms with van der Waals surface area (Å²) in [6.45, 7) is 24.6. The molecule has 6 nitrogen and oxygen atoms in total. The number of allylic oxidation sites excluding steroid dienone is 5. The highest BCUT2D eigenvalue weighted by Crippen LogP contribution is 2.35. The number of carboxylic acids is 1. The van der Waals surface area contributed by atoms with Gasteiger partial charge in [0.25, 0.3) is 0 Å². The van der Waals surface area contributed by atoms with Crippen molar-refractivity contribution >= 4 is 67.4 Å². The Labute approximate surface area is 331 Å². The molecule has 0 bridgehead atoms. The monoisotopic (exact) mass is 818 g/mol. The third-order valence-corrected chi connectivity index (χ3v) is 10.9. The van der Waals surface area contributed by atoms with Gasteiger partial charge >= 0.3 is 11.9 Å². The number of methoxy groups -OCH3 is 1. The van der Waals surface area contributed by atoms with Gasteiger partial charge in [0.05, 0.1) is 29.6 Å². The largest absolute Gasteiger partial charge is 0.497 e. The van der Waals surface area contributed by atoms with Gasteiger partial charge in [-0.05, 0) is 143 Å². The third-order valence-electron chi connectivity index (χ3n) is 7.80. The molecule has 4 aromatic rings. The molecule has 1 aliphatic carbocycles. The third kappa shape index (κ3) is 11.6. The van der Waals surface area contributed by atoms with Crippen LogP contribution in [0.3, 0.4) is 0 Å². The summed E-state index contributed by atoms with van der Waals surface area (Å²) in [6, 6.07) is 15.1. The van der Waals surface area contributed by atoms with Crippen molar-refractivity contribution in [3.8, 4) is 17.2 Å². The summed E-state index contributed by atoms with van der Waals surface area (Å²) in [7, 11) is 1.53. The summed E-state index contributed by atoms with van der Waals surface area (Å²) >= 11 is 6.61. The van der Waals surface area contributed by atoms with Crippen molar-refractivity contribution in [2.75, 3.05) is 7.11 Å². The van der Waals surface area contributed by atoms with E-state index in [0.717, 1.165) is 45.2 Å². The van der Waals surface area contributed by atoms with E-state index in [1.807, 2.05) is 67.5 Å². The van der Waals surface area contributed by atoms with Gasteiger partial charge in [-0.3, -0.25) is 0 Å². The second-order valence-corrected chi connectivity index (χ2v) is 13.8. The molecule has 0 saturated carbocycles. The van der Waals surface area contributed by atoms with E-state index in [1.54, 1.807) is 41.7 Å². The predicted molar refractivity (Wildman–Crippen MR) is 229 cm³/mol. The smallest absolute Gasteiger partial charge is 0.343 e. The topological polar surface area (TPSA) is 82.1 Å². The Balaban J connectivity index is 0.00000154.